The fourth-order valence-electron chi connectivity index (χ4n) is 2.36. The van der Waals surface area contributed by atoms with Gasteiger partial charge in [0.25, 0.3) is 0 Å². The van der Waals surface area contributed by atoms with Crippen LogP contribution in [0.2, 0.25) is 0 Å². The lowest BCUT2D eigenvalue weighted by molar-refractivity contribution is -0.119. The number of hydrogen-bond acceptors (Lipinski definition) is 3. The van der Waals surface area contributed by atoms with Gasteiger partial charge < -0.3 is 10.6 Å². The number of anilines is 1. The normalized spacial score (nSPS) is 10.4. The van der Waals surface area contributed by atoms with Gasteiger partial charge in [0.05, 0.1) is 5.69 Å². The molecule has 0 radical (unpaired) electrons. The Morgan fingerprint density at radius 1 is 1.26 bits per heavy atom. The summed E-state index contributed by atoms with van der Waals surface area (Å²) < 4.78 is 1.91. The molecular weight excluding hydrogens is 308 g/mol. The molecule has 1 heterocycles. The summed E-state index contributed by atoms with van der Waals surface area (Å²) in [7, 11) is 1.96. The van der Waals surface area contributed by atoms with E-state index in [1.807, 2.05) is 30.8 Å². The first kappa shape index (κ1) is 17.1. The van der Waals surface area contributed by atoms with E-state index in [1.54, 1.807) is 6.92 Å². The smallest absolute Gasteiger partial charge is 0.225 e. The van der Waals surface area contributed by atoms with Crippen molar-refractivity contribution in [3.05, 3.63) is 46.8 Å². The zero-order valence-electron chi connectivity index (χ0n) is 13.9. The molecule has 2 N–H and O–H groups in total. The molecule has 0 atom stereocenters. The van der Waals surface area contributed by atoms with Crippen molar-refractivity contribution in [3.63, 3.8) is 0 Å². The molecule has 0 saturated heterocycles. The average molecular weight is 330 g/mol. The van der Waals surface area contributed by atoms with Crippen molar-refractivity contribution >= 4 is 28.9 Å². The summed E-state index contributed by atoms with van der Waals surface area (Å²) >= 11 is 5.10. The quantitative estimate of drug-likeness (QED) is 0.847. The van der Waals surface area contributed by atoms with Gasteiger partial charge in [-0.3, -0.25) is 9.48 Å². The highest BCUT2D eigenvalue weighted by molar-refractivity contribution is 7.80. The minimum Gasteiger partial charge on any atom is -0.332 e. The lowest BCUT2D eigenvalue weighted by Crippen LogP contribution is -2.33. The summed E-state index contributed by atoms with van der Waals surface area (Å²) in [6.45, 7) is 5.91. The molecule has 0 fully saturated rings. The molecule has 0 spiro atoms. The van der Waals surface area contributed by atoms with Gasteiger partial charge in [-0.05, 0) is 43.8 Å². The molecule has 2 aromatic rings. The fourth-order valence-corrected chi connectivity index (χ4v) is 2.59. The number of rotatable bonds is 4. The summed E-state index contributed by atoms with van der Waals surface area (Å²) in [4.78, 5) is 11.3. The molecule has 0 aliphatic heterocycles. The van der Waals surface area contributed by atoms with Crippen molar-refractivity contribution < 1.29 is 4.79 Å². The standard InChI is InChI=1S/C17H22N4OS/c1-5-16(22)19-17(23)18-14-8-6-13(7-9-14)10-15-11(2)20-21(4)12(15)3/h6-9H,5,10H2,1-4H3,(H2,18,19,22,23). The molecule has 122 valence electrons. The molecule has 2 rings (SSSR count). The van der Waals surface area contributed by atoms with Crippen molar-refractivity contribution in [2.24, 2.45) is 7.05 Å². The molecule has 1 aromatic heterocycles. The number of aromatic nitrogens is 2. The highest BCUT2D eigenvalue weighted by Gasteiger charge is 2.10. The van der Waals surface area contributed by atoms with Gasteiger partial charge in [-0.25, -0.2) is 0 Å². The second kappa shape index (κ2) is 7.37. The van der Waals surface area contributed by atoms with E-state index in [2.05, 4.69) is 34.8 Å². The second-order valence-electron chi connectivity index (χ2n) is 5.50. The van der Waals surface area contributed by atoms with E-state index in [1.165, 1.54) is 16.8 Å². The van der Waals surface area contributed by atoms with Crippen LogP contribution >= 0.6 is 12.2 Å². The number of amides is 1. The minimum absolute atomic E-state index is 0.0957. The summed E-state index contributed by atoms with van der Waals surface area (Å²) in [6, 6.07) is 8.03. The predicted octanol–water partition coefficient (Wildman–Crippen LogP) is 2.85. The molecule has 0 bridgehead atoms. The monoisotopic (exact) mass is 330 g/mol. The Morgan fingerprint density at radius 3 is 2.43 bits per heavy atom. The molecule has 0 unspecified atom stereocenters. The molecule has 1 amide bonds. The maximum absolute atomic E-state index is 11.3. The van der Waals surface area contributed by atoms with Gasteiger partial charge in [-0.2, -0.15) is 5.10 Å². The van der Waals surface area contributed by atoms with Gasteiger partial charge in [-0.1, -0.05) is 19.1 Å². The maximum atomic E-state index is 11.3. The highest BCUT2D eigenvalue weighted by Crippen LogP contribution is 2.18. The Hall–Kier alpha value is -2.21. The summed E-state index contributed by atoms with van der Waals surface area (Å²) in [6.07, 6.45) is 1.26. The Balaban J connectivity index is 2.02. The Bertz CT molecular complexity index is 719. The molecule has 6 heteroatoms. The average Bonchev–Trinajstić information content (AvgIpc) is 2.75. The van der Waals surface area contributed by atoms with E-state index in [9.17, 15) is 4.79 Å². The van der Waals surface area contributed by atoms with Gasteiger partial charge in [-0.15, -0.1) is 0 Å². The first-order valence-electron chi connectivity index (χ1n) is 7.59. The number of benzene rings is 1. The van der Waals surface area contributed by atoms with Crippen molar-refractivity contribution in [2.45, 2.75) is 33.6 Å². The van der Waals surface area contributed by atoms with E-state index in [0.717, 1.165) is 17.8 Å². The van der Waals surface area contributed by atoms with Crippen LogP contribution in [0.3, 0.4) is 0 Å². The first-order chi connectivity index (χ1) is 10.9. The number of nitrogens with zero attached hydrogens (tertiary/aromatic N) is 2. The zero-order chi connectivity index (χ0) is 17.0. The van der Waals surface area contributed by atoms with Gasteiger partial charge in [0, 0.05) is 36.8 Å². The van der Waals surface area contributed by atoms with E-state index in [-0.39, 0.29) is 5.91 Å². The van der Waals surface area contributed by atoms with Crippen molar-refractivity contribution in [3.8, 4) is 0 Å². The third-order valence-corrected chi connectivity index (χ3v) is 4.03. The van der Waals surface area contributed by atoms with Crippen molar-refractivity contribution in [1.82, 2.24) is 15.1 Å². The van der Waals surface area contributed by atoms with E-state index in [0.29, 0.717) is 11.5 Å². The second-order valence-corrected chi connectivity index (χ2v) is 5.91. The van der Waals surface area contributed by atoms with E-state index < -0.39 is 0 Å². The number of carbonyl (C=O) groups is 1. The number of thiocarbonyl (C=S) groups is 1. The van der Waals surface area contributed by atoms with Gasteiger partial charge in [0.1, 0.15) is 0 Å². The van der Waals surface area contributed by atoms with E-state index in [4.69, 9.17) is 12.2 Å². The minimum atomic E-state index is -0.0957. The molecule has 1 aromatic carbocycles. The van der Waals surface area contributed by atoms with Crippen LogP contribution < -0.4 is 10.6 Å². The van der Waals surface area contributed by atoms with Crippen LogP contribution in [-0.4, -0.2) is 20.8 Å². The third kappa shape index (κ3) is 4.39. The molecule has 23 heavy (non-hydrogen) atoms. The Kier molecular flexibility index (Phi) is 5.50. The Morgan fingerprint density at radius 2 is 1.91 bits per heavy atom. The number of carbonyl (C=O) groups excluding carboxylic acids is 1. The van der Waals surface area contributed by atoms with Gasteiger partial charge >= 0.3 is 0 Å². The number of hydrogen-bond donors (Lipinski definition) is 2. The lowest BCUT2D eigenvalue weighted by Gasteiger charge is -2.09. The number of aryl methyl sites for hydroxylation is 2. The van der Waals surface area contributed by atoms with Crippen LogP contribution in [0.5, 0.6) is 0 Å². The van der Waals surface area contributed by atoms with E-state index >= 15 is 0 Å². The highest BCUT2D eigenvalue weighted by atomic mass is 32.1. The van der Waals surface area contributed by atoms with Gasteiger partial charge in [0.2, 0.25) is 5.91 Å². The SMILES string of the molecule is CCC(=O)NC(=S)Nc1ccc(Cc2c(C)nn(C)c2C)cc1. The van der Waals surface area contributed by atoms with Crippen LogP contribution in [0.15, 0.2) is 24.3 Å². The van der Waals surface area contributed by atoms with Crippen LogP contribution in [-0.2, 0) is 18.3 Å². The molecule has 5 nitrogen and oxygen atoms in total. The van der Waals surface area contributed by atoms with Crippen LogP contribution in [0.25, 0.3) is 0 Å². The fraction of sp³-hybridized carbons (Fsp3) is 0.353. The zero-order valence-corrected chi connectivity index (χ0v) is 14.8. The predicted molar refractivity (Wildman–Crippen MR) is 96.6 cm³/mol. The number of nitrogens with one attached hydrogen (secondary N) is 2. The lowest BCUT2D eigenvalue weighted by atomic mass is 10.0. The summed E-state index contributed by atoms with van der Waals surface area (Å²) in [5, 5.41) is 10.4. The van der Waals surface area contributed by atoms with Crippen LogP contribution in [0.4, 0.5) is 5.69 Å². The summed E-state index contributed by atoms with van der Waals surface area (Å²) in [5.74, 6) is -0.0957. The molecular formula is C17H22N4OS. The topological polar surface area (TPSA) is 59.0 Å². The van der Waals surface area contributed by atoms with Crippen LogP contribution in [0, 0.1) is 13.8 Å². The molecule has 0 saturated carbocycles. The molecule has 0 aliphatic rings. The first-order valence-corrected chi connectivity index (χ1v) is 8.00. The molecule has 0 aliphatic carbocycles. The Labute approximate surface area is 142 Å². The van der Waals surface area contributed by atoms with Crippen molar-refractivity contribution in [1.29, 1.82) is 0 Å². The third-order valence-electron chi connectivity index (χ3n) is 3.83. The van der Waals surface area contributed by atoms with Crippen LogP contribution in [0.1, 0.15) is 35.9 Å². The van der Waals surface area contributed by atoms with Crippen molar-refractivity contribution in [2.75, 3.05) is 5.32 Å². The maximum Gasteiger partial charge on any atom is 0.225 e. The summed E-state index contributed by atoms with van der Waals surface area (Å²) in [5.41, 5.74) is 5.58. The largest absolute Gasteiger partial charge is 0.332 e. The van der Waals surface area contributed by atoms with Gasteiger partial charge in [0.15, 0.2) is 5.11 Å².